The topological polar surface area (TPSA) is 67.1 Å². The van der Waals surface area contributed by atoms with Crippen LogP contribution < -0.4 is 10.6 Å². The number of hydrogen-bond acceptors (Lipinski definition) is 3. The van der Waals surface area contributed by atoms with Crippen LogP contribution in [0.1, 0.15) is 48.5 Å². The number of aliphatic imine (C=N–C) groups is 1. The molecule has 0 bridgehead atoms. The van der Waals surface area contributed by atoms with Gasteiger partial charge in [-0.25, -0.2) is 4.99 Å². The van der Waals surface area contributed by atoms with Gasteiger partial charge in [-0.15, -0.1) is 10.2 Å². The molecule has 134 valence electrons. The molecule has 0 amide bonds. The molecular weight excluding hydrogens is 312 g/mol. The zero-order valence-electron chi connectivity index (χ0n) is 15.4. The summed E-state index contributed by atoms with van der Waals surface area (Å²) in [5, 5.41) is 15.3. The standard InChI is InChI=1S/C19H28N6/c1-14-8-4-5-9-16(14)12-20-19(22-17-10-6-7-11-17)21-13-18-24-23-15(2)25(18)3/h4-5,8-9,17H,6-7,10-13H2,1-3H3,(H2,20,21,22). The van der Waals surface area contributed by atoms with E-state index >= 15 is 0 Å². The van der Waals surface area contributed by atoms with Crippen molar-refractivity contribution in [2.75, 3.05) is 0 Å². The van der Waals surface area contributed by atoms with Gasteiger partial charge in [-0.05, 0) is 37.8 Å². The Balaban J connectivity index is 1.68. The third-order valence-corrected chi connectivity index (χ3v) is 4.96. The maximum atomic E-state index is 4.81. The average molecular weight is 340 g/mol. The summed E-state index contributed by atoms with van der Waals surface area (Å²) >= 11 is 0. The maximum Gasteiger partial charge on any atom is 0.192 e. The average Bonchev–Trinajstić information content (AvgIpc) is 3.23. The Morgan fingerprint density at radius 2 is 1.96 bits per heavy atom. The van der Waals surface area contributed by atoms with Gasteiger partial charge in [0.15, 0.2) is 11.8 Å². The smallest absolute Gasteiger partial charge is 0.192 e. The molecule has 6 nitrogen and oxygen atoms in total. The van der Waals surface area contributed by atoms with Crippen molar-refractivity contribution in [1.82, 2.24) is 25.4 Å². The fraction of sp³-hybridized carbons (Fsp3) is 0.526. The molecule has 0 unspecified atom stereocenters. The number of guanidine groups is 1. The lowest BCUT2D eigenvalue weighted by Crippen LogP contribution is -2.42. The van der Waals surface area contributed by atoms with E-state index < -0.39 is 0 Å². The van der Waals surface area contributed by atoms with Crippen LogP contribution in [0.4, 0.5) is 0 Å². The number of aryl methyl sites for hydroxylation is 2. The van der Waals surface area contributed by atoms with Crippen LogP contribution in [-0.4, -0.2) is 26.8 Å². The summed E-state index contributed by atoms with van der Waals surface area (Å²) in [6.07, 6.45) is 5.03. The van der Waals surface area contributed by atoms with Crippen molar-refractivity contribution in [1.29, 1.82) is 0 Å². The first-order valence-electron chi connectivity index (χ1n) is 9.07. The molecule has 6 heteroatoms. The molecule has 1 saturated carbocycles. The molecule has 2 aromatic rings. The third-order valence-electron chi connectivity index (χ3n) is 4.96. The summed E-state index contributed by atoms with van der Waals surface area (Å²) < 4.78 is 2.00. The molecule has 25 heavy (non-hydrogen) atoms. The van der Waals surface area contributed by atoms with Crippen LogP contribution in [0.5, 0.6) is 0 Å². The van der Waals surface area contributed by atoms with Crippen molar-refractivity contribution >= 4 is 5.96 Å². The van der Waals surface area contributed by atoms with E-state index in [0.717, 1.165) is 17.6 Å². The highest BCUT2D eigenvalue weighted by Gasteiger charge is 2.16. The molecule has 0 aliphatic heterocycles. The van der Waals surface area contributed by atoms with Gasteiger partial charge < -0.3 is 15.2 Å². The van der Waals surface area contributed by atoms with Gasteiger partial charge in [0, 0.05) is 13.1 Å². The van der Waals surface area contributed by atoms with Crippen molar-refractivity contribution < 1.29 is 0 Å². The lowest BCUT2D eigenvalue weighted by Gasteiger charge is -2.17. The van der Waals surface area contributed by atoms with Crippen LogP contribution >= 0.6 is 0 Å². The van der Waals surface area contributed by atoms with Crippen LogP contribution in [0.25, 0.3) is 0 Å². The Kier molecular flexibility index (Phi) is 5.68. The fourth-order valence-corrected chi connectivity index (χ4v) is 3.14. The molecule has 0 radical (unpaired) electrons. The first-order valence-corrected chi connectivity index (χ1v) is 9.07. The summed E-state index contributed by atoms with van der Waals surface area (Å²) in [4.78, 5) is 4.81. The van der Waals surface area contributed by atoms with Crippen molar-refractivity contribution in [3.05, 3.63) is 47.0 Å². The minimum absolute atomic E-state index is 0.518. The number of nitrogens with zero attached hydrogens (tertiary/aromatic N) is 4. The zero-order valence-corrected chi connectivity index (χ0v) is 15.4. The predicted molar refractivity (Wildman–Crippen MR) is 100 cm³/mol. The van der Waals surface area contributed by atoms with Gasteiger partial charge in [0.05, 0.1) is 13.1 Å². The first-order chi connectivity index (χ1) is 12.1. The summed E-state index contributed by atoms with van der Waals surface area (Å²) in [6, 6.07) is 8.92. The fourth-order valence-electron chi connectivity index (χ4n) is 3.14. The highest BCUT2D eigenvalue weighted by Crippen LogP contribution is 2.17. The third kappa shape index (κ3) is 4.59. The summed E-state index contributed by atoms with van der Waals surface area (Å²) in [5.74, 6) is 2.68. The Labute approximate surface area is 149 Å². The van der Waals surface area contributed by atoms with Crippen LogP contribution in [0, 0.1) is 13.8 Å². The Morgan fingerprint density at radius 3 is 2.64 bits per heavy atom. The van der Waals surface area contributed by atoms with Crippen molar-refractivity contribution in [3.8, 4) is 0 Å². The quantitative estimate of drug-likeness (QED) is 0.648. The number of aromatic nitrogens is 3. The molecule has 1 fully saturated rings. The van der Waals surface area contributed by atoms with E-state index in [-0.39, 0.29) is 0 Å². The Bertz CT molecular complexity index is 727. The lowest BCUT2D eigenvalue weighted by atomic mass is 10.1. The Hall–Kier alpha value is -2.37. The van der Waals surface area contributed by atoms with Crippen LogP contribution in [0.3, 0.4) is 0 Å². The van der Waals surface area contributed by atoms with Crippen LogP contribution in [0.15, 0.2) is 29.3 Å². The van der Waals surface area contributed by atoms with Gasteiger partial charge in [0.1, 0.15) is 5.82 Å². The van der Waals surface area contributed by atoms with E-state index in [2.05, 4.69) is 52.0 Å². The van der Waals surface area contributed by atoms with Gasteiger partial charge in [0.25, 0.3) is 0 Å². The van der Waals surface area contributed by atoms with Gasteiger partial charge in [-0.1, -0.05) is 37.1 Å². The largest absolute Gasteiger partial charge is 0.354 e. The SMILES string of the molecule is Cc1ccccc1CN=C(NCc1nnc(C)n1C)NC1CCCC1. The molecule has 3 rings (SSSR count). The first kappa shape index (κ1) is 17.5. The molecule has 1 heterocycles. The van der Waals surface area contributed by atoms with Gasteiger partial charge >= 0.3 is 0 Å². The number of rotatable bonds is 5. The zero-order chi connectivity index (χ0) is 17.6. The molecule has 0 spiro atoms. The predicted octanol–water partition coefficient (Wildman–Crippen LogP) is 2.61. The molecule has 1 aromatic carbocycles. The summed E-state index contributed by atoms with van der Waals surface area (Å²) in [5.41, 5.74) is 2.53. The van der Waals surface area contributed by atoms with E-state index in [1.165, 1.54) is 36.8 Å². The molecule has 0 atom stereocenters. The minimum atomic E-state index is 0.518. The second-order valence-corrected chi connectivity index (χ2v) is 6.79. The summed E-state index contributed by atoms with van der Waals surface area (Å²) in [6.45, 7) is 5.38. The van der Waals surface area contributed by atoms with E-state index in [1.807, 2.05) is 18.5 Å². The van der Waals surface area contributed by atoms with Gasteiger partial charge in [0.2, 0.25) is 0 Å². The Morgan fingerprint density at radius 1 is 1.20 bits per heavy atom. The van der Waals surface area contributed by atoms with E-state index in [4.69, 9.17) is 4.99 Å². The lowest BCUT2D eigenvalue weighted by molar-refractivity contribution is 0.606. The van der Waals surface area contributed by atoms with Crippen molar-refractivity contribution in [2.45, 2.75) is 58.7 Å². The van der Waals surface area contributed by atoms with E-state index in [0.29, 0.717) is 19.1 Å². The maximum absolute atomic E-state index is 4.81. The molecule has 2 N–H and O–H groups in total. The molecule has 1 aliphatic carbocycles. The van der Waals surface area contributed by atoms with Crippen molar-refractivity contribution in [2.24, 2.45) is 12.0 Å². The number of nitrogens with one attached hydrogen (secondary N) is 2. The minimum Gasteiger partial charge on any atom is -0.354 e. The number of benzene rings is 1. The number of hydrogen-bond donors (Lipinski definition) is 2. The second kappa shape index (κ2) is 8.14. The van der Waals surface area contributed by atoms with E-state index in [1.54, 1.807) is 0 Å². The monoisotopic (exact) mass is 340 g/mol. The second-order valence-electron chi connectivity index (χ2n) is 6.79. The van der Waals surface area contributed by atoms with E-state index in [9.17, 15) is 0 Å². The molecule has 0 saturated heterocycles. The normalized spacial score (nSPS) is 15.6. The van der Waals surface area contributed by atoms with Gasteiger partial charge in [-0.2, -0.15) is 0 Å². The van der Waals surface area contributed by atoms with Crippen LogP contribution in [0.2, 0.25) is 0 Å². The van der Waals surface area contributed by atoms with Crippen molar-refractivity contribution in [3.63, 3.8) is 0 Å². The molecule has 1 aromatic heterocycles. The molecular formula is C19H28N6. The molecule has 1 aliphatic rings. The highest BCUT2D eigenvalue weighted by atomic mass is 15.3. The van der Waals surface area contributed by atoms with Crippen LogP contribution in [-0.2, 0) is 20.1 Å². The summed E-state index contributed by atoms with van der Waals surface area (Å²) in [7, 11) is 1.99. The van der Waals surface area contributed by atoms with Gasteiger partial charge in [-0.3, -0.25) is 0 Å². The highest BCUT2D eigenvalue weighted by molar-refractivity contribution is 5.80.